The molecule has 40 heavy (non-hydrogen) atoms. The highest BCUT2D eigenvalue weighted by Crippen LogP contribution is 2.34. The number of nitrogens with one attached hydrogen (secondary N) is 2. The molecule has 0 saturated carbocycles. The minimum absolute atomic E-state index is 0.0415. The number of hydrogen-bond donors (Lipinski definition) is 3. The summed E-state index contributed by atoms with van der Waals surface area (Å²) in [5, 5.41) is 27.7. The van der Waals surface area contributed by atoms with Crippen LogP contribution in [0.2, 0.25) is 0 Å². The number of rotatable bonds is 6. The molecule has 3 N–H and O–H groups in total. The van der Waals surface area contributed by atoms with Gasteiger partial charge in [0.15, 0.2) is 10.7 Å². The quantitative estimate of drug-likeness (QED) is 0.163. The molecule has 1 aliphatic rings. The Hall–Kier alpha value is -4.55. The zero-order chi connectivity index (χ0) is 28.4. The van der Waals surface area contributed by atoms with Crippen molar-refractivity contribution in [3.63, 3.8) is 0 Å². The molecule has 4 aromatic rings. The molecule has 1 fully saturated rings. The Morgan fingerprint density at radius 1 is 1.12 bits per heavy atom. The van der Waals surface area contributed by atoms with E-state index in [4.69, 9.17) is 21.4 Å². The van der Waals surface area contributed by atoms with E-state index in [-0.39, 0.29) is 28.0 Å². The van der Waals surface area contributed by atoms with Gasteiger partial charge in [0.2, 0.25) is 5.89 Å². The summed E-state index contributed by atoms with van der Waals surface area (Å²) < 4.78 is 11.1. The van der Waals surface area contributed by atoms with E-state index in [1.54, 1.807) is 18.2 Å². The molecule has 2 heterocycles. The third-order valence-corrected chi connectivity index (χ3v) is 6.78. The van der Waals surface area contributed by atoms with Crippen molar-refractivity contribution in [2.75, 3.05) is 36.5 Å². The maximum atomic E-state index is 12.8. The average Bonchev–Trinajstić information content (AvgIpc) is 3.36. The topological polar surface area (TPSA) is 143 Å². The number of morpholine rings is 1. The number of thiocarbonyl (C=S) groups is 1. The van der Waals surface area contributed by atoms with Gasteiger partial charge in [0, 0.05) is 36.5 Å². The summed E-state index contributed by atoms with van der Waals surface area (Å²) in [6.07, 6.45) is 0. The smallest absolute Gasteiger partial charge is 0.293 e. The second-order valence-electron chi connectivity index (χ2n) is 9.60. The SMILES string of the molecule is CC(C)c1ccc2oc(-c3ccc(NC(=S)NC(=O)c4ccc(N5CCOCC5)c([N+](=O)[O-])c4)cc3O)nc2c1. The number of nitro benzene ring substituents is 1. The van der Waals surface area contributed by atoms with Crippen LogP contribution in [0.1, 0.15) is 35.7 Å². The van der Waals surface area contributed by atoms with Crippen LogP contribution in [-0.4, -0.2) is 52.3 Å². The molecule has 1 aliphatic heterocycles. The summed E-state index contributed by atoms with van der Waals surface area (Å²) in [5.74, 6) is -0.0820. The number of fused-ring (bicyclic) bond motifs is 1. The number of amides is 1. The second kappa shape index (κ2) is 11.3. The highest BCUT2D eigenvalue weighted by molar-refractivity contribution is 7.80. The van der Waals surface area contributed by atoms with Crippen molar-refractivity contribution < 1.29 is 24.0 Å². The van der Waals surface area contributed by atoms with E-state index in [0.29, 0.717) is 60.3 Å². The van der Waals surface area contributed by atoms with E-state index in [9.17, 15) is 20.0 Å². The number of aromatic nitrogens is 1. The fourth-order valence-electron chi connectivity index (χ4n) is 4.43. The molecular formula is C28H27N5O6S. The first kappa shape index (κ1) is 27.0. The number of phenols is 1. The molecule has 1 saturated heterocycles. The van der Waals surface area contributed by atoms with Crippen LogP contribution in [0.3, 0.4) is 0 Å². The molecule has 0 aliphatic carbocycles. The first-order valence-electron chi connectivity index (χ1n) is 12.7. The third kappa shape index (κ3) is 5.72. The van der Waals surface area contributed by atoms with Crippen LogP contribution in [0.15, 0.2) is 59.0 Å². The lowest BCUT2D eigenvalue weighted by molar-refractivity contribution is -0.384. The van der Waals surface area contributed by atoms with Crippen molar-refractivity contribution in [1.29, 1.82) is 0 Å². The van der Waals surface area contributed by atoms with Gasteiger partial charge < -0.3 is 24.5 Å². The van der Waals surface area contributed by atoms with Gasteiger partial charge in [0.05, 0.1) is 23.7 Å². The van der Waals surface area contributed by atoms with Gasteiger partial charge >= 0.3 is 0 Å². The molecular weight excluding hydrogens is 534 g/mol. The molecule has 0 unspecified atom stereocenters. The van der Waals surface area contributed by atoms with Crippen LogP contribution < -0.4 is 15.5 Å². The number of aromatic hydroxyl groups is 1. The molecule has 5 rings (SSSR count). The molecule has 206 valence electrons. The zero-order valence-electron chi connectivity index (χ0n) is 21.8. The van der Waals surface area contributed by atoms with E-state index in [1.165, 1.54) is 18.2 Å². The Morgan fingerprint density at radius 3 is 2.60 bits per heavy atom. The highest BCUT2D eigenvalue weighted by atomic mass is 32.1. The molecule has 1 amide bonds. The summed E-state index contributed by atoms with van der Waals surface area (Å²) in [7, 11) is 0. The van der Waals surface area contributed by atoms with Crippen LogP contribution in [0.5, 0.6) is 5.75 Å². The van der Waals surface area contributed by atoms with Crippen LogP contribution in [-0.2, 0) is 4.74 Å². The van der Waals surface area contributed by atoms with E-state index in [0.717, 1.165) is 5.56 Å². The molecule has 1 aromatic heterocycles. The van der Waals surface area contributed by atoms with Gasteiger partial charge in [-0.3, -0.25) is 20.2 Å². The molecule has 0 bridgehead atoms. The zero-order valence-corrected chi connectivity index (χ0v) is 22.7. The number of phenolic OH excluding ortho intramolecular Hbond substituents is 1. The summed E-state index contributed by atoms with van der Waals surface area (Å²) >= 11 is 5.26. The predicted octanol–water partition coefficient (Wildman–Crippen LogP) is 5.20. The predicted molar refractivity (Wildman–Crippen MR) is 155 cm³/mol. The van der Waals surface area contributed by atoms with Gasteiger partial charge in [0.25, 0.3) is 11.6 Å². The van der Waals surface area contributed by atoms with Crippen LogP contribution in [0.25, 0.3) is 22.6 Å². The van der Waals surface area contributed by atoms with Gasteiger partial charge in [-0.15, -0.1) is 0 Å². The number of oxazole rings is 1. The van der Waals surface area contributed by atoms with Crippen molar-refractivity contribution in [2.24, 2.45) is 0 Å². The molecule has 12 heteroatoms. The molecule has 3 aromatic carbocycles. The van der Waals surface area contributed by atoms with Gasteiger partial charge in [-0.05, 0) is 60.1 Å². The summed E-state index contributed by atoms with van der Waals surface area (Å²) in [5.41, 5.74) is 3.60. The Morgan fingerprint density at radius 2 is 1.90 bits per heavy atom. The van der Waals surface area contributed by atoms with Crippen LogP contribution in [0.4, 0.5) is 17.1 Å². The van der Waals surface area contributed by atoms with E-state index < -0.39 is 10.8 Å². The monoisotopic (exact) mass is 561 g/mol. The van der Waals surface area contributed by atoms with Crippen LogP contribution >= 0.6 is 12.2 Å². The Labute approximate surface area is 234 Å². The highest BCUT2D eigenvalue weighted by Gasteiger charge is 2.24. The number of carbonyl (C=O) groups is 1. The second-order valence-corrected chi connectivity index (χ2v) is 10.0. The number of hydrogen-bond acceptors (Lipinski definition) is 9. The lowest BCUT2D eigenvalue weighted by Crippen LogP contribution is -2.37. The third-order valence-electron chi connectivity index (χ3n) is 6.58. The number of benzene rings is 3. The maximum absolute atomic E-state index is 12.8. The number of ether oxygens (including phenoxy) is 1. The van der Waals surface area contributed by atoms with Crippen molar-refractivity contribution >= 4 is 51.4 Å². The van der Waals surface area contributed by atoms with E-state index >= 15 is 0 Å². The lowest BCUT2D eigenvalue weighted by atomic mass is 10.0. The number of carbonyl (C=O) groups excluding carboxylic acids is 1. The fraction of sp³-hybridized carbons (Fsp3) is 0.250. The van der Waals surface area contributed by atoms with Gasteiger partial charge in [0.1, 0.15) is 17.0 Å². The minimum Gasteiger partial charge on any atom is -0.507 e. The van der Waals surface area contributed by atoms with Gasteiger partial charge in [-0.1, -0.05) is 19.9 Å². The fourth-order valence-corrected chi connectivity index (χ4v) is 4.64. The van der Waals surface area contributed by atoms with Gasteiger partial charge in [-0.2, -0.15) is 0 Å². The maximum Gasteiger partial charge on any atom is 0.293 e. The van der Waals surface area contributed by atoms with Crippen molar-refractivity contribution in [1.82, 2.24) is 10.3 Å². The summed E-state index contributed by atoms with van der Waals surface area (Å²) in [6.45, 7) is 6.19. The number of anilines is 2. The van der Waals surface area contributed by atoms with Gasteiger partial charge in [-0.25, -0.2) is 4.98 Å². The first-order chi connectivity index (χ1) is 19.2. The average molecular weight is 562 g/mol. The van der Waals surface area contributed by atoms with Crippen molar-refractivity contribution in [3.8, 4) is 17.2 Å². The Bertz CT molecular complexity index is 1610. The summed E-state index contributed by atoms with van der Waals surface area (Å²) in [4.78, 5) is 30.4. The first-order valence-corrected chi connectivity index (χ1v) is 13.1. The molecule has 0 radical (unpaired) electrons. The molecule has 0 spiro atoms. The number of nitro groups is 1. The largest absolute Gasteiger partial charge is 0.507 e. The summed E-state index contributed by atoms with van der Waals surface area (Å²) in [6, 6.07) is 14.8. The normalized spacial score (nSPS) is 13.4. The standard InChI is InChI=1S/C28H27N5O6S/c1-16(2)17-4-8-25-21(13-17)30-27(39-25)20-6-5-19(15-24(20)34)29-28(40)31-26(35)18-3-7-22(23(14-18)33(36)37)32-9-11-38-12-10-32/h3-8,13-16,34H,9-12H2,1-2H3,(H2,29,31,35,40). The van der Waals surface area contributed by atoms with Crippen LogP contribution in [0, 0.1) is 10.1 Å². The van der Waals surface area contributed by atoms with Crippen molar-refractivity contribution in [2.45, 2.75) is 19.8 Å². The molecule has 11 nitrogen and oxygen atoms in total. The van der Waals surface area contributed by atoms with E-state index in [1.807, 2.05) is 23.1 Å². The van der Waals surface area contributed by atoms with Crippen molar-refractivity contribution in [3.05, 3.63) is 75.8 Å². The Kier molecular flexibility index (Phi) is 7.63. The minimum atomic E-state index is -0.609. The van der Waals surface area contributed by atoms with E-state index in [2.05, 4.69) is 29.5 Å². The Balaban J connectivity index is 1.27. The lowest BCUT2D eigenvalue weighted by Gasteiger charge is -2.28. The number of nitrogens with zero attached hydrogens (tertiary/aromatic N) is 3. The molecule has 0 atom stereocenters.